The molecule has 5 rings (SSSR count). The van der Waals surface area contributed by atoms with Gasteiger partial charge in [-0.25, -0.2) is 0 Å². The molecule has 4 aliphatic carbocycles. The average molecular weight is 386 g/mol. The molecule has 5 fully saturated rings. The van der Waals surface area contributed by atoms with Gasteiger partial charge in [0.15, 0.2) is 0 Å². The van der Waals surface area contributed by atoms with Crippen LogP contribution in [-0.2, 0) is 9.59 Å². The van der Waals surface area contributed by atoms with Crippen LogP contribution in [-0.4, -0.2) is 42.5 Å². The van der Waals surface area contributed by atoms with Crippen LogP contribution in [0.15, 0.2) is 0 Å². The first-order valence-corrected chi connectivity index (χ1v) is 10.4. The molecule has 0 spiro atoms. The molecule has 152 valence electrons. The minimum absolute atomic E-state index is 0.103. The van der Waals surface area contributed by atoms with Crippen molar-refractivity contribution in [3.63, 3.8) is 0 Å². The van der Waals surface area contributed by atoms with E-state index < -0.39 is 12.1 Å². The summed E-state index contributed by atoms with van der Waals surface area (Å²) in [7, 11) is 0. The standard InChI is InChI=1S/C20H29F3N2O2/c21-20(22,23)18(27)25-3-1-13(2-4-25)12-24-17(26)11-19-8-14-5-15(9-19)7-16(6-14)10-19/h13-16H,1-12H2,(H,24,26). The number of hydrogen-bond acceptors (Lipinski definition) is 2. The van der Waals surface area contributed by atoms with Crippen LogP contribution < -0.4 is 5.32 Å². The minimum Gasteiger partial charge on any atom is -0.356 e. The van der Waals surface area contributed by atoms with E-state index in [1.54, 1.807) is 0 Å². The molecule has 0 unspecified atom stereocenters. The van der Waals surface area contributed by atoms with Gasteiger partial charge in [-0.15, -0.1) is 0 Å². The fraction of sp³-hybridized carbons (Fsp3) is 0.900. The Morgan fingerprint density at radius 2 is 1.48 bits per heavy atom. The zero-order valence-electron chi connectivity index (χ0n) is 15.7. The number of halogens is 3. The SMILES string of the molecule is O=C(CC12CC3CC(CC(C3)C1)C2)NCC1CCN(C(=O)C(F)(F)F)CC1. The van der Waals surface area contributed by atoms with Crippen LogP contribution in [0.4, 0.5) is 13.2 Å². The molecule has 27 heavy (non-hydrogen) atoms. The van der Waals surface area contributed by atoms with Crippen molar-refractivity contribution < 1.29 is 22.8 Å². The summed E-state index contributed by atoms with van der Waals surface area (Å²) < 4.78 is 37.5. The van der Waals surface area contributed by atoms with Crippen LogP contribution in [0, 0.1) is 29.1 Å². The summed E-state index contributed by atoms with van der Waals surface area (Å²) >= 11 is 0. The van der Waals surface area contributed by atoms with Crippen molar-refractivity contribution in [1.29, 1.82) is 0 Å². The van der Waals surface area contributed by atoms with Crippen LogP contribution in [0.3, 0.4) is 0 Å². The number of rotatable bonds is 4. The number of nitrogens with one attached hydrogen (secondary N) is 1. The maximum atomic E-state index is 12.5. The number of piperidine rings is 1. The van der Waals surface area contributed by atoms with Crippen LogP contribution in [0.1, 0.15) is 57.8 Å². The number of carbonyl (C=O) groups is 2. The molecule has 0 aromatic carbocycles. The number of carbonyl (C=O) groups excluding carboxylic acids is 2. The van der Waals surface area contributed by atoms with Crippen LogP contribution in [0.25, 0.3) is 0 Å². The van der Waals surface area contributed by atoms with Gasteiger partial charge in [0.25, 0.3) is 0 Å². The van der Waals surface area contributed by atoms with Crippen molar-refractivity contribution in [2.75, 3.05) is 19.6 Å². The van der Waals surface area contributed by atoms with E-state index in [4.69, 9.17) is 0 Å². The Morgan fingerprint density at radius 3 is 1.96 bits per heavy atom. The summed E-state index contributed by atoms with van der Waals surface area (Å²) in [6.07, 6.45) is 4.51. The first-order chi connectivity index (χ1) is 12.7. The molecule has 2 amide bonds. The monoisotopic (exact) mass is 386 g/mol. The Labute approximate surface area is 158 Å². The number of alkyl halides is 3. The Morgan fingerprint density at radius 1 is 0.963 bits per heavy atom. The topological polar surface area (TPSA) is 49.4 Å². The molecule has 1 heterocycles. The summed E-state index contributed by atoms with van der Waals surface area (Å²) in [6, 6.07) is 0. The van der Waals surface area contributed by atoms with Gasteiger partial charge in [0.2, 0.25) is 5.91 Å². The Kier molecular flexibility index (Phi) is 4.91. The largest absolute Gasteiger partial charge is 0.471 e. The Hall–Kier alpha value is -1.27. The lowest BCUT2D eigenvalue weighted by Crippen LogP contribution is -2.49. The Bertz CT molecular complexity index is 561. The molecule has 1 N–H and O–H groups in total. The van der Waals surface area contributed by atoms with E-state index >= 15 is 0 Å². The number of likely N-dealkylation sites (tertiary alicyclic amines) is 1. The zero-order valence-corrected chi connectivity index (χ0v) is 15.7. The molecular formula is C20H29F3N2O2. The predicted molar refractivity (Wildman–Crippen MR) is 93.6 cm³/mol. The van der Waals surface area contributed by atoms with Crippen molar-refractivity contribution in [3.05, 3.63) is 0 Å². The van der Waals surface area contributed by atoms with Crippen LogP contribution in [0.5, 0.6) is 0 Å². The van der Waals surface area contributed by atoms with E-state index in [0.29, 0.717) is 25.8 Å². The molecule has 4 saturated carbocycles. The average Bonchev–Trinajstić information content (AvgIpc) is 2.57. The molecule has 1 aliphatic heterocycles. The van der Waals surface area contributed by atoms with E-state index in [1.165, 1.54) is 38.5 Å². The predicted octanol–water partition coefficient (Wildman–Crippen LogP) is 3.51. The molecule has 1 saturated heterocycles. The second kappa shape index (κ2) is 6.96. The van der Waals surface area contributed by atoms with Gasteiger partial charge in [0, 0.05) is 26.1 Å². The van der Waals surface area contributed by atoms with Gasteiger partial charge in [0.05, 0.1) is 0 Å². The quantitative estimate of drug-likeness (QED) is 0.804. The van der Waals surface area contributed by atoms with E-state index in [9.17, 15) is 22.8 Å². The van der Waals surface area contributed by atoms with Crippen molar-refractivity contribution in [3.8, 4) is 0 Å². The third-order valence-corrected chi connectivity index (χ3v) is 7.43. The number of amides is 2. The first kappa shape index (κ1) is 19.1. The highest BCUT2D eigenvalue weighted by Gasteiger charge is 2.51. The van der Waals surface area contributed by atoms with E-state index in [-0.39, 0.29) is 30.3 Å². The van der Waals surface area contributed by atoms with Crippen LogP contribution in [0.2, 0.25) is 0 Å². The Balaban J connectivity index is 1.21. The fourth-order valence-corrected chi connectivity index (χ4v) is 6.69. The molecule has 0 radical (unpaired) electrons. The lowest BCUT2D eigenvalue weighted by atomic mass is 9.49. The fourth-order valence-electron chi connectivity index (χ4n) is 6.69. The summed E-state index contributed by atoms with van der Waals surface area (Å²) in [5.74, 6) is 0.971. The van der Waals surface area contributed by atoms with E-state index in [1.807, 2.05) is 0 Å². The smallest absolute Gasteiger partial charge is 0.356 e. The summed E-state index contributed by atoms with van der Waals surface area (Å²) in [6.45, 7) is 0.751. The van der Waals surface area contributed by atoms with Crippen molar-refractivity contribution in [2.24, 2.45) is 29.1 Å². The van der Waals surface area contributed by atoms with Gasteiger partial charge in [-0.3, -0.25) is 9.59 Å². The third-order valence-electron chi connectivity index (χ3n) is 7.43. The first-order valence-electron chi connectivity index (χ1n) is 10.4. The molecular weight excluding hydrogens is 357 g/mol. The van der Waals surface area contributed by atoms with E-state index in [0.717, 1.165) is 22.7 Å². The van der Waals surface area contributed by atoms with Gasteiger partial charge in [0.1, 0.15) is 0 Å². The molecule has 4 nitrogen and oxygen atoms in total. The van der Waals surface area contributed by atoms with Crippen molar-refractivity contribution >= 4 is 11.8 Å². The highest BCUT2D eigenvalue weighted by molar-refractivity contribution is 5.82. The molecule has 0 aromatic heterocycles. The van der Waals surface area contributed by atoms with Gasteiger partial charge >= 0.3 is 12.1 Å². The van der Waals surface area contributed by atoms with Gasteiger partial charge in [-0.05, 0) is 80.5 Å². The van der Waals surface area contributed by atoms with Crippen molar-refractivity contribution in [2.45, 2.75) is 64.0 Å². The van der Waals surface area contributed by atoms with E-state index in [2.05, 4.69) is 5.32 Å². The molecule has 4 bridgehead atoms. The maximum Gasteiger partial charge on any atom is 0.471 e. The molecule has 0 atom stereocenters. The highest BCUT2D eigenvalue weighted by atomic mass is 19.4. The second-order valence-electron chi connectivity index (χ2n) is 9.63. The minimum atomic E-state index is -4.79. The lowest BCUT2D eigenvalue weighted by Gasteiger charge is -2.56. The number of nitrogens with zero attached hydrogens (tertiary/aromatic N) is 1. The molecule has 7 heteroatoms. The second-order valence-corrected chi connectivity index (χ2v) is 9.63. The van der Waals surface area contributed by atoms with Crippen molar-refractivity contribution in [1.82, 2.24) is 10.2 Å². The molecule has 0 aromatic rings. The highest BCUT2D eigenvalue weighted by Crippen LogP contribution is 2.61. The summed E-state index contributed by atoms with van der Waals surface area (Å²) in [5, 5.41) is 3.04. The number of hydrogen-bond donors (Lipinski definition) is 1. The summed E-state index contributed by atoms with van der Waals surface area (Å²) in [5.41, 5.74) is 0.210. The van der Waals surface area contributed by atoms with Gasteiger partial charge < -0.3 is 10.2 Å². The third kappa shape index (κ3) is 4.11. The van der Waals surface area contributed by atoms with Crippen LogP contribution >= 0.6 is 0 Å². The van der Waals surface area contributed by atoms with Gasteiger partial charge in [-0.1, -0.05) is 0 Å². The maximum absolute atomic E-state index is 12.5. The normalized spacial score (nSPS) is 36.1. The lowest BCUT2D eigenvalue weighted by molar-refractivity contribution is -0.186. The van der Waals surface area contributed by atoms with Gasteiger partial charge in [-0.2, -0.15) is 13.2 Å². The summed E-state index contributed by atoms with van der Waals surface area (Å²) in [4.78, 5) is 24.7. The zero-order chi connectivity index (χ0) is 19.2. The molecule has 5 aliphatic rings.